The van der Waals surface area contributed by atoms with Gasteiger partial charge in [0, 0.05) is 10.2 Å². The monoisotopic (exact) mass is 389 g/mol. The SMILES string of the molecule is C=CC[C@@H]1N(c2ccc(Br)cc2)C(=O)[C@H]2[C@H](C(=O)O)[C@H]3C=C[C@@]12O3. The van der Waals surface area contributed by atoms with E-state index in [9.17, 15) is 14.7 Å². The highest BCUT2D eigenvalue weighted by Gasteiger charge is 2.71. The van der Waals surface area contributed by atoms with E-state index in [1.165, 1.54) is 0 Å². The number of ether oxygens (including phenoxy) is 1. The zero-order valence-electron chi connectivity index (χ0n) is 12.8. The fourth-order valence-corrected chi connectivity index (χ4v) is 4.55. The summed E-state index contributed by atoms with van der Waals surface area (Å²) in [5, 5.41) is 9.60. The Morgan fingerprint density at radius 2 is 2.12 bits per heavy atom. The Hall–Kier alpha value is -1.92. The molecule has 4 rings (SSSR count). The first-order valence-electron chi connectivity index (χ1n) is 7.79. The van der Waals surface area contributed by atoms with Gasteiger partial charge in [0.25, 0.3) is 0 Å². The molecule has 3 aliphatic heterocycles. The van der Waals surface area contributed by atoms with Gasteiger partial charge in [-0.3, -0.25) is 9.59 Å². The first kappa shape index (κ1) is 15.6. The summed E-state index contributed by atoms with van der Waals surface area (Å²) in [6.07, 6.45) is 5.41. The summed E-state index contributed by atoms with van der Waals surface area (Å²) in [7, 11) is 0. The van der Waals surface area contributed by atoms with Crippen LogP contribution in [-0.4, -0.2) is 34.7 Å². The van der Waals surface area contributed by atoms with Crippen LogP contribution in [0.5, 0.6) is 0 Å². The molecule has 1 N–H and O–H groups in total. The van der Waals surface area contributed by atoms with Crippen LogP contribution in [0.1, 0.15) is 6.42 Å². The topological polar surface area (TPSA) is 66.8 Å². The quantitative estimate of drug-likeness (QED) is 0.803. The molecule has 0 aromatic heterocycles. The normalized spacial score (nSPS) is 36.2. The van der Waals surface area contributed by atoms with Gasteiger partial charge in [-0.05, 0) is 30.7 Å². The Labute approximate surface area is 147 Å². The molecule has 24 heavy (non-hydrogen) atoms. The van der Waals surface area contributed by atoms with E-state index in [2.05, 4.69) is 22.5 Å². The van der Waals surface area contributed by atoms with Crippen molar-refractivity contribution in [3.05, 3.63) is 53.5 Å². The molecule has 1 aromatic carbocycles. The molecule has 0 aliphatic carbocycles. The Balaban J connectivity index is 1.83. The molecule has 3 aliphatic rings. The second-order valence-corrected chi connectivity index (χ2v) is 7.28. The first-order chi connectivity index (χ1) is 11.5. The molecule has 6 heteroatoms. The molecule has 0 radical (unpaired) electrons. The summed E-state index contributed by atoms with van der Waals surface area (Å²) in [6.45, 7) is 3.80. The fraction of sp³-hybridized carbons (Fsp3) is 0.333. The van der Waals surface area contributed by atoms with E-state index in [1.807, 2.05) is 30.3 Å². The molecule has 124 valence electrons. The van der Waals surface area contributed by atoms with Crippen molar-refractivity contribution in [2.75, 3.05) is 4.90 Å². The lowest BCUT2D eigenvalue weighted by Gasteiger charge is -2.32. The second-order valence-electron chi connectivity index (χ2n) is 6.36. The maximum Gasteiger partial charge on any atom is 0.310 e. The van der Waals surface area contributed by atoms with Gasteiger partial charge in [-0.25, -0.2) is 0 Å². The second kappa shape index (κ2) is 5.29. The molecule has 2 saturated heterocycles. The van der Waals surface area contributed by atoms with Gasteiger partial charge in [-0.2, -0.15) is 0 Å². The maximum absolute atomic E-state index is 13.2. The van der Waals surface area contributed by atoms with Crippen molar-refractivity contribution in [2.45, 2.75) is 24.2 Å². The van der Waals surface area contributed by atoms with Crippen LogP contribution in [-0.2, 0) is 14.3 Å². The number of hydrogen-bond donors (Lipinski definition) is 1. The molecule has 1 amide bonds. The van der Waals surface area contributed by atoms with Crippen molar-refractivity contribution >= 4 is 33.5 Å². The Bertz CT molecular complexity index is 759. The van der Waals surface area contributed by atoms with E-state index in [0.29, 0.717) is 6.42 Å². The predicted molar refractivity (Wildman–Crippen MR) is 91.6 cm³/mol. The van der Waals surface area contributed by atoms with Gasteiger partial charge in [0.1, 0.15) is 11.5 Å². The van der Waals surface area contributed by atoms with Crippen LogP contribution in [0.15, 0.2) is 53.5 Å². The van der Waals surface area contributed by atoms with Crippen molar-refractivity contribution in [1.29, 1.82) is 0 Å². The molecule has 2 bridgehead atoms. The number of carboxylic acid groups (broad SMARTS) is 1. The number of amides is 1. The van der Waals surface area contributed by atoms with Gasteiger partial charge >= 0.3 is 5.97 Å². The number of fused-ring (bicyclic) bond motifs is 1. The standard InChI is InChI=1S/C18H16BrNO4/c1-2-3-13-18-9-8-12(24-18)14(17(22)23)15(18)16(21)20(13)11-6-4-10(19)5-7-11/h2,4-9,12-15H,1,3H2,(H,22,23)/t12-,13+,14-,15-,18-/m1/s1. The molecule has 3 heterocycles. The van der Waals surface area contributed by atoms with E-state index >= 15 is 0 Å². The number of carbonyl (C=O) groups excluding carboxylic acids is 1. The molecule has 5 atom stereocenters. The van der Waals surface area contributed by atoms with Gasteiger partial charge in [0.05, 0.1) is 18.1 Å². The lowest BCUT2D eigenvalue weighted by atomic mass is 9.74. The average Bonchev–Trinajstić information content (AvgIpc) is 3.18. The average molecular weight is 390 g/mol. The summed E-state index contributed by atoms with van der Waals surface area (Å²) >= 11 is 3.39. The predicted octanol–water partition coefficient (Wildman–Crippen LogP) is 2.76. The zero-order chi connectivity index (χ0) is 17.1. The molecule has 1 spiro atoms. The van der Waals surface area contributed by atoms with Crippen LogP contribution < -0.4 is 4.90 Å². The van der Waals surface area contributed by atoms with Crippen LogP contribution in [0.4, 0.5) is 5.69 Å². The van der Waals surface area contributed by atoms with Crippen molar-refractivity contribution in [3.63, 3.8) is 0 Å². The zero-order valence-corrected chi connectivity index (χ0v) is 14.3. The number of halogens is 1. The molecule has 1 aromatic rings. The van der Waals surface area contributed by atoms with Gasteiger partial charge in [0.2, 0.25) is 5.91 Å². The van der Waals surface area contributed by atoms with Crippen molar-refractivity contribution in [2.24, 2.45) is 11.8 Å². The Morgan fingerprint density at radius 1 is 1.42 bits per heavy atom. The number of carbonyl (C=O) groups is 2. The van der Waals surface area contributed by atoms with E-state index in [4.69, 9.17) is 4.74 Å². The molecule has 0 saturated carbocycles. The first-order valence-corrected chi connectivity index (χ1v) is 8.58. The van der Waals surface area contributed by atoms with Gasteiger partial charge < -0.3 is 14.7 Å². The van der Waals surface area contributed by atoms with Gasteiger partial charge in [0.15, 0.2) is 0 Å². The van der Waals surface area contributed by atoms with E-state index in [0.717, 1.165) is 10.2 Å². The Morgan fingerprint density at radius 3 is 2.75 bits per heavy atom. The van der Waals surface area contributed by atoms with Crippen molar-refractivity contribution < 1.29 is 19.4 Å². The molecule has 5 nitrogen and oxygen atoms in total. The summed E-state index contributed by atoms with van der Waals surface area (Å²) in [4.78, 5) is 26.6. The third kappa shape index (κ3) is 1.90. The number of carboxylic acids is 1. The third-order valence-corrected chi connectivity index (χ3v) is 5.73. The molecule has 2 fully saturated rings. The number of aliphatic carboxylic acids is 1. The minimum atomic E-state index is -0.986. The lowest BCUT2D eigenvalue weighted by Crippen LogP contribution is -2.45. The summed E-state index contributed by atoms with van der Waals surface area (Å²) in [5.41, 5.74) is -0.144. The minimum absolute atomic E-state index is 0.191. The van der Waals surface area contributed by atoms with Gasteiger partial charge in [-0.15, -0.1) is 6.58 Å². The summed E-state index contributed by atoms with van der Waals surface area (Å²) in [5.74, 6) is -2.71. The fourth-order valence-electron chi connectivity index (χ4n) is 4.29. The van der Waals surface area contributed by atoms with E-state index < -0.39 is 29.5 Å². The summed E-state index contributed by atoms with van der Waals surface area (Å²) in [6, 6.07) is 7.13. The highest BCUT2D eigenvalue weighted by atomic mass is 79.9. The van der Waals surface area contributed by atoms with Crippen molar-refractivity contribution in [1.82, 2.24) is 0 Å². The maximum atomic E-state index is 13.2. The molecular weight excluding hydrogens is 374 g/mol. The van der Waals surface area contributed by atoms with Crippen LogP contribution in [0.3, 0.4) is 0 Å². The van der Waals surface area contributed by atoms with Crippen LogP contribution in [0, 0.1) is 11.8 Å². The van der Waals surface area contributed by atoms with Crippen LogP contribution in [0.25, 0.3) is 0 Å². The molecule has 0 unspecified atom stereocenters. The largest absolute Gasteiger partial charge is 0.481 e. The van der Waals surface area contributed by atoms with Gasteiger partial charge in [-0.1, -0.05) is 34.2 Å². The Kier molecular flexibility index (Phi) is 3.44. The van der Waals surface area contributed by atoms with E-state index in [-0.39, 0.29) is 11.9 Å². The smallest absolute Gasteiger partial charge is 0.310 e. The third-order valence-electron chi connectivity index (χ3n) is 5.20. The number of rotatable bonds is 4. The van der Waals surface area contributed by atoms with Crippen LogP contribution in [0.2, 0.25) is 0 Å². The number of hydrogen-bond acceptors (Lipinski definition) is 3. The number of benzene rings is 1. The lowest BCUT2D eigenvalue weighted by molar-refractivity contribution is -0.146. The van der Waals surface area contributed by atoms with Crippen LogP contribution >= 0.6 is 15.9 Å². The van der Waals surface area contributed by atoms with Crippen molar-refractivity contribution in [3.8, 4) is 0 Å². The summed E-state index contributed by atoms with van der Waals surface area (Å²) < 4.78 is 6.97. The highest BCUT2D eigenvalue weighted by Crippen LogP contribution is 2.56. The minimum Gasteiger partial charge on any atom is -0.481 e. The number of anilines is 1. The highest BCUT2D eigenvalue weighted by molar-refractivity contribution is 9.10. The number of nitrogens with zero attached hydrogens (tertiary/aromatic N) is 1. The van der Waals surface area contributed by atoms with E-state index in [1.54, 1.807) is 17.1 Å². The molecular formula is C18H16BrNO4.